The second-order valence-corrected chi connectivity index (χ2v) is 9.09. The lowest BCUT2D eigenvalue weighted by Gasteiger charge is -2.23. The highest BCUT2D eigenvalue weighted by Gasteiger charge is 2.18. The summed E-state index contributed by atoms with van der Waals surface area (Å²) in [6.07, 6.45) is -0.767. The minimum Gasteiger partial charge on any atom is -0.432 e. The number of carbonyl (C=O) groups is 1. The van der Waals surface area contributed by atoms with Crippen LogP contribution >= 0.6 is 0 Å². The number of ether oxygens (including phenoxy) is 2. The molecule has 7 nitrogen and oxygen atoms in total. The highest BCUT2D eigenvalue weighted by atomic mass is 16.7. The summed E-state index contributed by atoms with van der Waals surface area (Å²) in [5, 5.41) is 8.71. The van der Waals surface area contributed by atoms with E-state index in [9.17, 15) is 4.79 Å². The van der Waals surface area contributed by atoms with Crippen molar-refractivity contribution in [2.45, 2.75) is 5.92 Å². The molecule has 0 atom stereocenters. The van der Waals surface area contributed by atoms with Crippen LogP contribution in [0.1, 0.15) is 22.6 Å². The van der Waals surface area contributed by atoms with Gasteiger partial charge in [0.05, 0.1) is 13.2 Å². The molecule has 36 heavy (non-hydrogen) atoms. The van der Waals surface area contributed by atoms with Gasteiger partial charge in [-0.1, -0.05) is 36.4 Å². The van der Waals surface area contributed by atoms with Crippen molar-refractivity contribution in [1.82, 2.24) is 0 Å². The number of aliphatic hydroxyl groups is 1. The van der Waals surface area contributed by atoms with Crippen molar-refractivity contribution < 1.29 is 19.4 Å². The number of benzene rings is 3. The molecule has 0 aliphatic rings. The summed E-state index contributed by atoms with van der Waals surface area (Å²) < 4.78 is 9.76. The molecule has 0 spiro atoms. The average Bonchev–Trinajstić information content (AvgIpc) is 2.88. The summed E-state index contributed by atoms with van der Waals surface area (Å²) in [6.45, 7) is 0.436. The Bertz CT molecular complexity index is 1030. The third kappa shape index (κ3) is 7.15. The SMILES string of the molecule is CN(C)c1ccc(C(c2ccc(N(C)C)cc2)c2ccc(N(C)CCOC(=O)OCCO)cc2)cc1. The Kier molecular flexibility index (Phi) is 9.59. The molecule has 3 rings (SSSR count). The predicted octanol–water partition coefficient (Wildman–Crippen LogP) is 4.58. The first-order chi connectivity index (χ1) is 17.3. The van der Waals surface area contributed by atoms with Gasteiger partial charge in [0.1, 0.15) is 13.2 Å². The van der Waals surface area contributed by atoms with E-state index in [-0.39, 0.29) is 25.7 Å². The first-order valence-corrected chi connectivity index (χ1v) is 12.1. The lowest BCUT2D eigenvalue weighted by atomic mass is 9.85. The third-order valence-electron chi connectivity index (χ3n) is 6.11. The first kappa shape index (κ1) is 26.9. The fraction of sp³-hybridized carbons (Fsp3) is 0.345. The molecule has 3 aromatic rings. The Morgan fingerprint density at radius 3 is 1.44 bits per heavy atom. The standard InChI is InChI=1S/C29H37N3O4/c1-30(2)25-12-6-22(7-13-25)28(23-8-14-26(15-9-23)31(3)4)24-10-16-27(17-11-24)32(5)18-20-35-29(34)36-21-19-33/h6-17,28,33H,18-21H2,1-5H3. The lowest BCUT2D eigenvalue weighted by molar-refractivity contribution is 0.0452. The van der Waals surface area contributed by atoms with Crippen LogP contribution in [-0.2, 0) is 9.47 Å². The molecule has 0 aliphatic carbocycles. The molecular formula is C29H37N3O4. The number of aliphatic hydroxyl groups excluding tert-OH is 1. The van der Waals surface area contributed by atoms with Crippen LogP contribution in [0.5, 0.6) is 0 Å². The molecule has 0 saturated heterocycles. The van der Waals surface area contributed by atoms with Gasteiger partial charge in [-0.25, -0.2) is 4.79 Å². The molecule has 1 N–H and O–H groups in total. The summed E-state index contributed by atoms with van der Waals surface area (Å²) in [5.41, 5.74) is 7.02. The fourth-order valence-electron chi connectivity index (χ4n) is 3.99. The second-order valence-electron chi connectivity index (χ2n) is 9.09. The number of hydrogen-bond acceptors (Lipinski definition) is 7. The van der Waals surface area contributed by atoms with Gasteiger partial charge in [-0.2, -0.15) is 0 Å². The summed E-state index contributed by atoms with van der Waals surface area (Å²) >= 11 is 0. The average molecular weight is 492 g/mol. The van der Waals surface area contributed by atoms with E-state index < -0.39 is 6.16 Å². The van der Waals surface area contributed by atoms with Crippen LogP contribution in [0.25, 0.3) is 0 Å². The molecule has 3 aromatic carbocycles. The summed E-state index contributed by atoms with van der Waals surface area (Å²) in [7, 11) is 10.1. The maximum Gasteiger partial charge on any atom is 0.508 e. The topological polar surface area (TPSA) is 65.5 Å². The van der Waals surface area contributed by atoms with E-state index in [1.165, 1.54) is 28.1 Å². The Labute approximate surface area is 214 Å². The third-order valence-corrected chi connectivity index (χ3v) is 6.11. The van der Waals surface area contributed by atoms with Crippen LogP contribution in [0.4, 0.5) is 21.9 Å². The monoisotopic (exact) mass is 491 g/mol. The maximum absolute atomic E-state index is 11.4. The van der Waals surface area contributed by atoms with Gasteiger partial charge in [0, 0.05) is 58.2 Å². The van der Waals surface area contributed by atoms with E-state index >= 15 is 0 Å². The summed E-state index contributed by atoms with van der Waals surface area (Å²) in [4.78, 5) is 17.7. The molecule has 192 valence electrons. The van der Waals surface area contributed by atoms with E-state index in [0.29, 0.717) is 6.54 Å². The molecule has 0 aromatic heterocycles. The predicted molar refractivity (Wildman–Crippen MR) is 147 cm³/mol. The zero-order valence-corrected chi connectivity index (χ0v) is 21.8. The number of rotatable bonds is 11. The van der Waals surface area contributed by atoms with Crippen LogP contribution in [0.2, 0.25) is 0 Å². The Morgan fingerprint density at radius 1 is 0.667 bits per heavy atom. The van der Waals surface area contributed by atoms with E-state index in [2.05, 4.69) is 82.6 Å². The molecule has 0 bridgehead atoms. The van der Waals surface area contributed by atoms with Gasteiger partial charge < -0.3 is 29.3 Å². The van der Waals surface area contributed by atoms with Crippen LogP contribution in [0.15, 0.2) is 72.8 Å². The van der Waals surface area contributed by atoms with Crippen molar-refractivity contribution in [2.24, 2.45) is 0 Å². The quantitative estimate of drug-likeness (QED) is 0.311. The highest BCUT2D eigenvalue weighted by Crippen LogP contribution is 2.34. The number of nitrogens with zero attached hydrogens (tertiary/aromatic N) is 3. The summed E-state index contributed by atoms with van der Waals surface area (Å²) in [6, 6.07) is 25.9. The van der Waals surface area contributed by atoms with E-state index in [0.717, 1.165) is 5.69 Å². The van der Waals surface area contributed by atoms with Crippen LogP contribution in [0.3, 0.4) is 0 Å². The fourth-order valence-corrected chi connectivity index (χ4v) is 3.99. The number of carbonyl (C=O) groups excluding carboxylic acids is 1. The second kappa shape index (κ2) is 12.8. The number of anilines is 3. The smallest absolute Gasteiger partial charge is 0.432 e. The first-order valence-electron chi connectivity index (χ1n) is 12.1. The minimum atomic E-state index is -0.767. The van der Waals surface area contributed by atoms with Gasteiger partial charge in [-0.3, -0.25) is 0 Å². The van der Waals surface area contributed by atoms with E-state index in [4.69, 9.17) is 14.6 Å². The van der Waals surface area contributed by atoms with Gasteiger partial charge in [-0.05, 0) is 53.1 Å². The molecular weight excluding hydrogens is 454 g/mol. The van der Waals surface area contributed by atoms with Crippen molar-refractivity contribution in [3.8, 4) is 0 Å². The number of hydrogen-bond donors (Lipinski definition) is 1. The van der Waals surface area contributed by atoms with Gasteiger partial charge in [0.25, 0.3) is 0 Å². The zero-order chi connectivity index (χ0) is 26.1. The highest BCUT2D eigenvalue weighted by molar-refractivity contribution is 5.60. The maximum atomic E-state index is 11.4. The van der Waals surface area contributed by atoms with Crippen molar-refractivity contribution in [1.29, 1.82) is 0 Å². The zero-order valence-electron chi connectivity index (χ0n) is 21.8. The van der Waals surface area contributed by atoms with Crippen molar-refractivity contribution >= 4 is 23.2 Å². The lowest BCUT2D eigenvalue weighted by Crippen LogP contribution is -2.24. The molecule has 0 saturated carbocycles. The van der Waals surface area contributed by atoms with Gasteiger partial charge >= 0.3 is 6.16 Å². The van der Waals surface area contributed by atoms with Crippen molar-refractivity contribution in [2.75, 3.05) is 76.3 Å². The van der Waals surface area contributed by atoms with Gasteiger partial charge in [0.15, 0.2) is 0 Å². The van der Waals surface area contributed by atoms with E-state index in [1.807, 2.05) is 40.1 Å². The minimum absolute atomic E-state index is 0.0625. The molecule has 0 radical (unpaired) electrons. The molecule has 0 fully saturated rings. The Balaban J connectivity index is 1.80. The Morgan fingerprint density at radius 2 is 1.06 bits per heavy atom. The van der Waals surface area contributed by atoms with Gasteiger partial charge in [-0.15, -0.1) is 0 Å². The normalized spacial score (nSPS) is 10.8. The molecule has 0 amide bonds. The molecule has 7 heteroatoms. The van der Waals surface area contributed by atoms with Crippen molar-refractivity contribution in [3.05, 3.63) is 89.5 Å². The van der Waals surface area contributed by atoms with Gasteiger partial charge in [0.2, 0.25) is 0 Å². The molecule has 0 heterocycles. The van der Waals surface area contributed by atoms with Crippen LogP contribution < -0.4 is 14.7 Å². The Hall–Kier alpha value is -3.71. The molecule has 0 aliphatic heterocycles. The summed E-state index contributed by atoms with van der Waals surface area (Å²) in [5.74, 6) is 0.0985. The number of likely N-dealkylation sites (N-methyl/N-ethyl adjacent to an activating group) is 1. The largest absolute Gasteiger partial charge is 0.508 e. The van der Waals surface area contributed by atoms with Crippen LogP contribution in [-0.4, -0.2) is 72.9 Å². The van der Waals surface area contributed by atoms with E-state index in [1.54, 1.807) is 0 Å². The van der Waals surface area contributed by atoms with Crippen molar-refractivity contribution in [3.63, 3.8) is 0 Å². The van der Waals surface area contributed by atoms with Crippen LogP contribution in [0, 0.1) is 0 Å². The molecule has 0 unspecified atom stereocenters.